The van der Waals surface area contributed by atoms with Gasteiger partial charge < -0.3 is 69.0 Å². The Hall–Kier alpha value is -2.44. The van der Waals surface area contributed by atoms with Crippen molar-refractivity contribution in [3.05, 3.63) is 12.7 Å². The van der Waals surface area contributed by atoms with Crippen molar-refractivity contribution in [1.82, 2.24) is 30.2 Å². The number of nitrogen functional groups attached to an aromatic ring is 1. The third-order valence-electron chi connectivity index (χ3n) is 8.76. The molecule has 330 valence electrons. The van der Waals surface area contributed by atoms with Crippen molar-refractivity contribution < 1.29 is 80.5 Å². The molecule has 28 heteroatoms. The number of imidazole rings is 1. The predicted octanol–water partition coefficient (Wildman–Crippen LogP) is -1.26. The highest BCUT2D eigenvalue weighted by Gasteiger charge is 2.47. The van der Waals surface area contributed by atoms with Crippen molar-refractivity contribution in [2.75, 3.05) is 37.8 Å². The standard InChI is InChI=1S/C30H52N7O17P3S/c1-5-18(2)8-6-7-9-21(39)58-13-12-32-20(38)10-11-33-28(42)25(41)30(3,4)15-51-57(48,49)54-56(46,47)50-14-19-24(53-55(43,44)45)23(40)29(52-19)37-17-36-22-26(31)34-16-35-27(22)37/h16-19,23-25,29,40-41H,5-15H2,1-4H3,(H,32,38)(H,33,42)(H,46,47)(H,48,49)(H2,31,34,35)(H2,43,44,45)/p-4/t18?,19-,23-,24-,25+,29-/m1/s1. The number of carbonyl (C=O) groups excluding carboxylic acids is 3. The number of aliphatic hydroxyl groups excluding tert-OH is 2. The fourth-order valence-corrected chi connectivity index (χ4v) is 8.77. The second kappa shape index (κ2) is 21.9. The molecule has 0 spiro atoms. The van der Waals surface area contributed by atoms with E-state index in [1.54, 1.807) is 0 Å². The van der Waals surface area contributed by atoms with Crippen LogP contribution in [0, 0.1) is 11.3 Å². The number of rotatable bonds is 25. The number of thioether (sulfide) groups is 1. The molecule has 3 unspecified atom stereocenters. The SMILES string of the molecule is CCC(C)CCCCC(=O)SCCNC(=O)CCNC(=O)[C@H](O)C(C)(C)COP(=O)([O-])OP(=O)([O-])OC[C@H]1O[C@@H](n2cnc3c(N)ncnc32)[C@H](O)[C@@H]1OP(=O)([O-])[O-]. The first-order chi connectivity index (χ1) is 26.9. The molecule has 1 aliphatic rings. The van der Waals surface area contributed by atoms with Gasteiger partial charge in [-0.05, 0) is 12.3 Å². The quantitative estimate of drug-likeness (QED) is 0.0573. The number of amides is 2. The minimum atomic E-state index is -5.91. The molecule has 6 N–H and O–H groups in total. The molecule has 0 aromatic carbocycles. The predicted molar refractivity (Wildman–Crippen MR) is 196 cm³/mol. The maximum absolute atomic E-state index is 12.6. The summed E-state index contributed by atoms with van der Waals surface area (Å²) in [5.74, 6) is -0.522. The molecule has 3 heterocycles. The number of unbranched alkanes of at least 4 members (excludes halogenated alkanes) is 1. The summed E-state index contributed by atoms with van der Waals surface area (Å²) in [5, 5.41) is 26.3. The van der Waals surface area contributed by atoms with E-state index >= 15 is 0 Å². The highest BCUT2D eigenvalue weighted by molar-refractivity contribution is 8.13. The monoisotopic (exact) mass is 903 g/mol. The molecule has 8 atom stereocenters. The Balaban J connectivity index is 1.44. The Morgan fingerprint density at radius 2 is 1.74 bits per heavy atom. The number of nitrogens with zero attached hydrogens (tertiary/aromatic N) is 4. The van der Waals surface area contributed by atoms with E-state index in [4.69, 9.17) is 10.5 Å². The molecule has 1 aliphatic heterocycles. The van der Waals surface area contributed by atoms with Crippen LogP contribution in [0.5, 0.6) is 0 Å². The number of aromatic nitrogens is 4. The molecule has 24 nitrogen and oxygen atoms in total. The lowest BCUT2D eigenvalue weighted by molar-refractivity contribution is -0.347. The van der Waals surface area contributed by atoms with Gasteiger partial charge in [0.25, 0.3) is 15.6 Å². The van der Waals surface area contributed by atoms with Gasteiger partial charge in [-0.1, -0.05) is 58.7 Å². The Morgan fingerprint density at radius 1 is 1.05 bits per heavy atom. The van der Waals surface area contributed by atoms with Crippen molar-refractivity contribution in [2.45, 2.75) is 96.9 Å². The maximum atomic E-state index is 12.6. The third kappa shape index (κ3) is 15.9. The second-order valence-corrected chi connectivity index (χ2v) is 19.2. The summed E-state index contributed by atoms with van der Waals surface area (Å²) in [6.45, 7) is 4.45. The number of fused-ring (bicyclic) bond motifs is 1. The van der Waals surface area contributed by atoms with Crippen LogP contribution in [-0.4, -0.2) is 103 Å². The van der Waals surface area contributed by atoms with E-state index < -0.39 is 84.6 Å². The van der Waals surface area contributed by atoms with Gasteiger partial charge in [0.05, 0.1) is 27.4 Å². The van der Waals surface area contributed by atoms with E-state index in [0.717, 1.165) is 54.7 Å². The van der Waals surface area contributed by atoms with Gasteiger partial charge in [-0.15, -0.1) is 0 Å². The zero-order valence-corrected chi connectivity index (χ0v) is 35.5. The summed E-state index contributed by atoms with van der Waals surface area (Å²) in [6, 6.07) is 0. The number of hydrogen-bond acceptors (Lipinski definition) is 22. The molecular weight excluding hydrogens is 855 g/mol. The molecule has 0 aliphatic carbocycles. The van der Waals surface area contributed by atoms with Crippen LogP contribution in [0.1, 0.15) is 72.4 Å². The zero-order valence-electron chi connectivity index (χ0n) is 32.0. The van der Waals surface area contributed by atoms with Crippen molar-refractivity contribution in [3.8, 4) is 0 Å². The number of nitrogens with one attached hydrogen (secondary N) is 2. The van der Waals surface area contributed by atoms with E-state index in [2.05, 4.69) is 57.3 Å². The molecular formula is C30H48N7O17P3S-4. The van der Waals surface area contributed by atoms with Crippen LogP contribution >= 0.6 is 35.2 Å². The Bertz CT molecular complexity index is 1850. The van der Waals surface area contributed by atoms with Crippen LogP contribution < -0.4 is 35.9 Å². The lowest BCUT2D eigenvalue weighted by Gasteiger charge is -2.36. The molecule has 2 aromatic rings. The second-order valence-electron chi connectivity index (χ2n) is 14.0. The van der Waals surface area contributed by atoms with Gasteiger partial charge in [0.2, 0.25) is 11.8 Å². The first kappa shape index (κ1) is 49.9. The molecule has 0 saturated carbocycles. The maximum Gasteiger partial charge on any atom is 0.274 e. The minimum Gasteiger partial charge on any atom is -0.790 e. The highest BCUT2D eigenvalue weighted by Crippen LogP contribution is 2.56. The first-order valence-electron chi connectivity index (χ1n) is 17.9. The van der Waals surface area contributed by atoms with Crippen LogP contribution in [0.25, 0.3) is 11.2 Å². The molecule has 0 radical (unpaired) electrons. The van der Waals surface area contributed by atoms with Crippen LogP contribution in [0.15, 0.2) is 12.7 Å². The van der Waals surface area contributed by atoms with Gasteiger partial charge in [-0.2, -0.15) is 0 Å². The Kier molecular flexibility index (Phi) is 18.8. The van der Waals surface area contributed by atoms with Crippen LogP contribution in [0.4, 0.5) is 5.82 Å². The molecule has 1 saturated heterocycles. The number of aliphatic hydroxyl groups is 2. The Morgan fingerprint density at radius 3 is 2.41 bits per heavy atom. The number of carbonyl (C=O) groups is 3. The van der Waals surface area contributed by atoms with Gasteiger partial charge >= 0.3 is 0 Å². The summed E-state index contributed by atoms with van der Waals surface area (Å²) in [7, 11) is -17.6. The normalized spacial score (nSPS) is 21.9. The van der Waals surface area contributed by atoms with Crippen molar-refractivity contribution >= 4 is 69.1 Å². The number of anilines is 1. The number of nitrogens with two attached hydrogens (primary N) is 1. The van der Waals surface area contributed by atoms with E-state index in [-0.39, 0.29) is 41.6 Å². The molecule has 2 aromatic heterocycles. The Labute approximate surface area is 337 Å². The van der Waals surface area contributed by atoms with E-state index in [1.807, 2.05) is 0 Å². The largest absolute Gasteiger partial charge is 0.790 e. The molecule has 3 rings (SSSR count). The number of phosphoric acid groups is 3. The molecule has 1 fully saturated rings. The van der Waals surface area contributed by atoms with Gasteiger partial charge in [0, 0.05) is 37.1 Å². The van der Waals surface area contributed by atoms with E-state index in [0.29, 0.717) is 18.1 Å². The first-order valence-corrected chi connectivity index (χ1v) is 23.3. The average molecular weight is 904 g/mol. The number of hydrogen-bond donors (Lipinski definition) is 5. The zero-order chi connectivity index (χ0) is 43.5. The number of ether oxygens (including phenoxy) is 1. The van der Waals surface area contributed by atoms with Gasteiger partial charge in [0.15, 0.2) is 22.8 Å². The summed E-state index contributed by atoms with van der Waals surface area (Å²) in [5.41, 5.74) is 4.08. The molecule has 2 amide bonds. The smallest absolute Gasteiger partial charge is 0.274 e. The summed E-state index contributed by atoms with van der Waals surface area (Å²) >= 11 is 1.12. The summed E-state index contributed by atoms with van der Waals surface area (Å²) < 4.78 is 60.6. The van der Waals surface area contributed by atoms with Gasteiger partial charge in [-0.25, -0.2) is 19.3 Å². The average Bonchev–Trinajstić information content (AvgIpc) is 3.69. The highest BCUT2D eigenvalue weighted by atomic mass is 32.2. The van der Waals surface area contributed by atoms with Crippen LogP contribution in [0.3, 0.4) is 0 Å². The topological polar surface area (TPSA) is 375 Å². The van der Waals surface area contributed by atoms with Crippen molar-refractivity contribution in [3.63, 3.8) is 0 Å². The molecule has 58 heavy (non-hydrogen) atoms. The number of phosphoric ester groups is 3. The van der Waals surface area contributed by atoms with Gasteiger partial charge in [0.1, 0.15) is 36.3 Å². The lowest BCUT2D eigenvalue weighted by Crippen LogP contribution is -2.46. The lowest BCUT2D eigenvalue weighted by atomic mass is 9.87. The fraction of sp³-hybridized carbons (Fsp3) is 0.733. The van der Waals surface area contributed by atoms with E-state index in [1.165, 1.54) is 13.8 Å². The van der Waals surface area contributed by atoms with Crippen LogP contribution in [-0.2, 0) is 50.7 Å². The van der Waals surface area contributed by atoms with Crippen molar-refractivity contribution in [1.29, 1.82) is 0 Å². The minimum absolute atomic E-state index is 0.0195. The fourth-order valence-electron chi connectivity index (χ4n) is 5.31. The summed E-state index contributed by atoms with van der Waals surface area (Å²) in [6.07, 6.45) is -3.13. The van der Waals surface area contributed by atoms with Crippen LogP contribution in [0.2, 0.25) is 0 Å². The van der Waals surface area contributed by atoms with Gasteiger partial charge in [-0.3, -0.25) is 28.1 Å². The van der Waals surface area contributed by atoms with Crippen molar-refractivity contribution in [2.24, 2.45) is 11.3 Å². The third-order valence-corrected chi connectivity index (χ3v) is 12.7. The summed E-state index contributed by atoms with van der Waals surface area (Å²) in [4.78, 5) is 96.2. The van der Waals surface area contributed by atoms with E-state index in [9.17, 15) is 57.9 Å². The molecule has 0 bridgehead atoms.